The highest BCUT2D eigenvalue weighted by Crippen LogP contribution is 2.21. The second-order valence-electron chi connectivity index (χ2n) is 4.35. The summed E-state index contributed by atoms with van der Waals surface area (Å²) in [6.07, 6.45) is -0.757. The standard InChI is InChI=1S/C15H17NO6/c1-9(2)10(3)21-6-7-22-15(20)16-11-4-5-12(14(18)19)13(17)8-11/h4-5,8,17H,1,3,6-7H2,2H3,(H,16,20)(H,18,19). The van der Waals surface area contributed by atoms with Crippen LogP contribution >= 0.6 is 0 Å². The summed E-state index contributed by atoms with van der Waals surface area (Å²) in [7, 11) is 0. The van der Waals surface area contributed by atoms with Gasteiger partial charge in [-0.25, -0.2) is 9.59 Å². The quantitative estimate of drug-likeness (QED) is 0.406. The predicted molar refractivity (Wildman–Crippen MR) is 79.9 cm³/mol. The molecule has 0 fully saturated rings. The van der Waals surface area contributed by atoms with Gasteiger partial charge in [0.1, 0.15) is 30.3 Å². The number of ether oxygens (including phenoxy) is 2. The van der Waals surface area contributed by atoms with Crippen molar-refractivity contribution in [3.63, 3.8) is 0 Å². The van der Waals surface area contributed by atoms with E-state index in [9.17, 15) is 14.7 Å². The second kappa shape index (κ2) is 7.72. The lowest BCUT2D eigenvalue weighted by atomic mass is 10.2. The smallest absolute Gasteiger partial charge is 0.411 e. The van der Waals surface area contributed by atoms with Gasteiger partial charge in [-0.05, 0) is 24.6 Å². The lowest BCUT2D eigenvalue weighted by molar-refractivity contribution is 0.0693. The third kappa shape index (κ3) is 5.20. The molecule has 22 heavy (non-hydrogen) atoms. The zero-order valence-electron chi connectivity index (χ0n) is 12.1. The van der Waals surface area contributed by atoms with Crippen molar-refractivity contribution in [2.45, 2.75) is 6.92 Å². The highest BCUT2D eigenvalue weighted by atomic mass is 16.6. The van der Waals surface area contributed by atoms with E-state index in [4.69, 9.17) is 14.6 Å². The number of phenols is 1. The fraction of sp³-hybridized carbons (Fsp3) is 0.200. The van der Waals surface area contributed by atoms with E-state index in [1.165, 1.54) is 12.1 Å². The van der Waals surface area contributed by atoms with Crippen LogP contribution in [0.25, 0.3) is 0 Å². The molecule has 0 saturated carbocycles. The number of aromatic carboxylic acids is 1. The van der Waals surface area contributed by atoms with Crippen LogP contribution in [0.1, 0.15) is 17.3 Å². The molecule has 0 radical (unpaired) electrons. The monoisotopic (exact) mass is 307 g/mol. The van der Waals surface area contributed by atoms with Crippen molar-refractivity contribution in [1.29, 1.82) is 0 Å². The number of carboxylic acids is 1. The van der Waals surface area contributed by atoms with Crippen molar-refractivity contribution in [2.24, 2.45) is 0 Å². The average Bonchev–Trinajstić information content (AvgIpc) is 2.42. The van der Waals surface area contributed by atoms with Crippen molar-refractivity contribution in [2.75, 3.05) is 18.5 Å². The molecule has 1 rings (SSSR count). The molecule has 0 aliphatic carbocycles. The number of hydrogen-bond acceptors (Lipinski definition) is 5. The first-order valence-electron chi connectivity index (χ1n) is 6.29. The fourth-order valence-corrected chi connectivity index (χ4v) is 1.37. The summed E-state index contributed by atoms with van der Waals surface area (Å²) in [6, 6.07) is 3.63. The Balaban J connectivity index is 2.42. The number of nitrogens with one attached hydrogen (secondary N) is 1. The summed E-state index contributed by atoms with van der Waals surface area (Å²) < 4.78 is 10.0. The van der Waals surface area contributed by atoms with Gasteiger partial charge >= 0.3 is 12.1 Å². The van der Waals surface area contributed by atoms with Gasteiger partial charge in [0.05, 0.1) is 0 Å². The molecule has 1 aromatic carbocycles. The van der Waals surface area contributed by atoms with Crippen LogP contribution in [0.2, 0.25) is 0 Å². The number of carboxylic acid groups (broad SMARTS) is 1. The van der Waals surface area contributed by atoms with Crippen molar-refractivity contribution < 1.29 is 29.3 Å². The highest BCUT2D eigenvalue weighted by molar-refractivity contribution is 5.92. The van der Waals surface area contributed by atoms with Crippen LogP contribution in [0.3, 0.4) is 0 Å². The Kier molecular flexibility index (Phi) is 6.00. The van der Waals surface area contributed by atoms with Crippen LogP contribution in [0.4, 0.5) is 10.5 Å². The van der Waals surface area contributed by atoms with Gasteiger partial charge in [0.2, 0.25) is 0 Å². The van der Waals surface area contributed by atoms with E-state index in [1.54, 1.807) is 6.92 Å². The maximum atomic E-state index is 11.5. The average molecular weight is 307 g/mol. The van der Waals surface area contributed by atoms with E-state index in [0.29, 0.717) is 11.3 Å². The summed E-state index contributed by atoms with van der Waals surface area (Å²) in [6.45, 7) is 9.12. The molecule has 0 saturated heterocycles. The molecule has 7 nitrogen and oxygen atoms in total. The van der Waals surface area contributed by atoms with Gasteiger partial charge < -0.3 is 19.7 Å². The molecule has 3 N–H and O–H groups in total. The molecule has 1 amide bonds. The molecule has 0 spiro atoms. The zero-order chi connectivity index (χ0) is 16.7. The number of benzene rings is 1. The summed E-state index contributed by atoms with van der Waals surface area (Å²) in [5.74, 6) is -1.30. The van der Waals surface area contributed by atoms with Crippen LogP contribution < -0.4 is 5.32 Å². The van der Waals surface area contributed by atoms with E-state index < -0.39 is 17.8 Å². The molecule has 1 aromatic rings. The van der Waals surface area contributed by atoms with Gasteiger partial charge in [0, 0.05) is 11.8 Å². The largest absolute Gasteiger partial charge is 0.507 e. The molecule has 0 aliphatic heterocycles. The van der Waals surface area contributed by atoms with E-state index in [1.807, 2.05) is 0 Å². The minimum atomic E-state index is -1.26. The van der Waals surface area contributed by atoms with Gasteiger partial charge in [-0.1, -0.05) is 13.2 Å². The number of aromatic hydroxyl groups is 1. The third-order valence-corrected chi connectivity index (χ3v) is 2.54. The third-order valence-electron chi connectivity index (χ3n) is 2.54. The predicted octanol–water partition coefficient (Wildman–Crippen LogP) is 2.75. The SMILES string of the molecule is C=C(C)C(=C)OCCOC(=O)Nc1ccc(C(=O)O)c(O)c1. The number of anilines is 1. The van der Waals surface area contributed by atoms with Gasteiger partial charge in [-0.15, -0.1) is 0 Å². The molecule has 0 heterocycles. The summed E-state index contributed by atoms with van der Waals surface area (Å²) >= 11 is 0. The molecule has 7 heteroatoms. The number of hydrogen-bond donors (Lipinski definition) is 3. The van der Waals surface area contributed by atoms with Crippen molar-refractivity contribution in [1.82, 2.24) is 0 Å². The number of carbonyl (C=O) groups excluding carboxylic acids is 1. The highest BCUT2D eigenvalue weighted by Gasteiger charge is 2.11. The lowest BCUT2D eigenvalue weighted by Gasteiger charge is -2.10. The minimum absolute atomic E-state index is 0.00265. The second-order valence-corrected chi connectivity index (χ2v) is 4.35. The number of allylic oxidation sites excluding steroid dienone is 1. The van der Waals surface area contributed by atoms with Crippen LogP contribution in [-0.2, 0) is 9.47 Å². The Morgan fingerprint density at radius 1 is 1.23 bits per heavy atom. The van der Waals surface area contributed by atoms with Gasteiger partial charge in [0.25, 0.3) is 0 Å². The number of amides is 1. The summed E-state index contributed by atoms with van der Waals surface area (Å²) in [5.41, 5.74) is 0.629. The maximum absolute atomic E-state index is 11.5. The van der Waals surface area contributed by atoms with E-state index in [2.05, 4.69) is 18.5 Å². The number of carbonyl (C=O) groups is 2. The van der Waals surface area contributed by atoms with Crippen LogP contribution in [-0.4, -0.2) is 35.5 Å². The van der Waals surface area contributed by atoms with E-state index in [0.717, 1.165) is 6.07 Å². The molecule has 0 atom stereocenters. The molecule has 0 bridgehead atoms. The maximum Gasteiger partial charge on any atom is 0.411 e. The van der Waals surface area contributed by atoms with Crippen molar-refractivity contribution >= 4 is 17.7 Å². The summed E-state index contributed by atoms with van der Waals surface area (Å²) in [5, 5.41) is 20.6. The normalized spacial score (nSPS) is 9.68. The molecular formula is C15H17NO6. The summed E-state index contributed by atoms with van der Waals surface area (Å²) in [4.78, 5) is 22.2. The minimum Gasteiger partial charge on any atom is -0.507 e. The molecule has 0 unspecified atom stereocenters. The first kappa shape index (κ1) is 17.1. The first-order chi connectivity index (χ1) is 10.3. The first-order valence-corrected chi connectivity index (χ1v) is 6.29. The van der Waals surface area contributed by atoms with Crippen LogP contribution in [0.5, 0.6) is 5.75 Å². The van der Waals surface area contributed by atoms with Crippen molar-refractivity contribution in [3.8, 4) is 5.75 Å². The molecule has 118 valence electrons. The van der Waals surface area contributed by atoms with E-state index in [-0.39, 0.29) is 24.5 Å². The van der Waals surface area contributed by atoms with Crippen LogP contribution in [0, 0.1) is 0 Å². The van der Waals surface area contributed by atoms with Crippen molar-refractivity contribution in [3.05, 3.63) is 48.3 Å². The Morgan fingerprint density at radius 3 is 2.41 bits per heavy atom. The molecule has 0 aliphatic rings. The Hall–Kier alpha value is -2.96. The van der Waals surface area contributed by atoms with Gasteiger partial charge in [0.15, 0.2) is 0 Å². The fourth-order valence-electron chi connectivity index (χ4n) is 1.37. The molecular weight excluding hydrogens is 290 g/mol. The number of rotatable bonds is 7. The van der Waals surface area contributed by atoms with Gasteiger partial charge in [-0.2, -0.15) is 0 Å². The van der Waals surface area contributed by atoms with Crippen LogP contribution in [0.15, 0.2) is 42.7 Å². The lowest BCUT2D eigenvalue weighted by Crippen LogP contribution is -2.16. The van der Waals surface area contributed by atoms with E-state index >= 15 is 0 Å². The Labute approximate surface area is 127 Å². The topological polar surface area (TPSA) is 105 Å². The Bertz CT molecular complexity index is 608. The zero-order valence-corrected chi connectivity index (χ0v) is 12.1. The Morgan fingerprint density at radius 2 is 1.86 bits per heavy atom. The van der Waals surface area contributed by atoms with Gasteiger partial charge in [-0.3, -0.25) is 5.32 Å². The molecule has 0 aromatic heterocycles.